The van der Waals surface area contributed by atoms with Crippen LogP contribution in [0.5, 0.6) is 0 Å². The van der Waals surface area contributed by atoms with Crippen LogP contribution in [0.1, 0.15) is 18.9 Å². The molecule has 0 amide bonds. The molecule has 1 heterocycles. The molecule has 5 heteroatoms. The highest BCUT2D eigenvalue weighted by atomic mass is 35.5. The maximum atomic E-state index is 11.7. The Kier molecular flexibility index (Phi) is 4.51. The molecule has 0 aromatic heterocycles. The topological polar surface area (TPSA) is 53.3 Å². The summed E-state index contributed by atoms with van der Waals surface area (Å²) >= 11 is 6.23. The van der Waals surface area contributed by atoms with E-state index in [0.717, 1.165) is 5.69 Å². The number of benzene rings is 1. The molecule has 2 atom stereocenters. The molecule has 1 aliphatic heterocycles. The third-order valence-electron chi connectivity index (χ3n) is 3.83. The number of hydrogen-bond acceptors (Lipinski definition) is 4. The maximum absolute atomic E-state index is 11.7. The summed E-state index contributed by atoms with van der Waals surface area (Å²) in [4.78, 5) is 13.8. The molecule has 1 saturated heterocycles. The van der Waals surface area contributed by atoms with E-state index in [1.807, 2.05) is 6.92 Å². The summed E-state index contributed by atoms with van der Waals surface area (Å²) < 4.78 is 4.83. The minimum atomic E-state index is -0.156. The summed E-state index contributed by atoms with van der Waals surface area (Å²) in [6.45, 7) is 3.41. The highest BCUT2D eigenvalue weighted by Crippen LogP contribution is 2.34. The first kappa shape index (κ1) is 14.7. The smallest absolute Gasteiger partial charge is 0.309 e. The first-order chi connectivity index (χ1) is 9.58. The van der Waals surface area contributed by atoms with Gasteiger partial charge in [-0.3, -0.25) is 4.79 Å². The number of para-hydroxylation sites is 1. The van der Waals surface area contributed by atoms with E-state index in [1.165, 1.54) is 7.11 Å². The lowest BCUT2D eigenvalue weighted by atomic mass is 9.86. The molecule has 0 bridgehead atoms. The first-order valence-electron chi connectivity index (χ1n) is 6.60. The molecule has 1 aromatic carbocycles. The van der Waals surface area contributed by atoms with Gasteiger partial charge in [0.25, 0.3) is 0 Å². The van der Waals surface area contributed by atoms with Crippen LogP contribution >= 0.6 is 11.6 Å². The minimum absolute atomic E-state index is 0.0794. The Morgan fingerprint density at radius 2 is 2.30 bits per heavy atom. The number of hydrogen-bond donors (Lipinski definition) is 0. The van der Waals surface area contributed by atoms with E-state index >= 15 is 0 Å². The predicted octanol–water partition coefficient (Wildman–Crippen LogP) is 2.85. The lowest BCUT2D eigenvalue weighted by molar-refractivity contribution is -0.147. The van der Waals surface area contributed by atoms with Crippen LogP contribution in [-0.4, -0.2) is 26.2 Å². The zero-order chi connectivity index (χ0) is 14.7. The van der Waals surface area contributed by atoms with E-state index in [1.54, 1.807) is 18.2 Å². The van der Waals surface area contributed by atoms with Crippen LogP contribution in [0.15, 0.2) is 18.2 Å². The molecule has 106 valence electrons. The van der Waals surface area contributed by atoms with Crippen LogP contribution in [0.4, 0.5) is 5.69 Å². The van der Waals surface area contributed by atoms with Crippen molar-refractivity contribution >= 4 is 23.3 Å². The van der Waals surface area contributed by atoms with Crippen molar-refractivity contribution in [1.82, 2.24) is 0 Å². The predicted molar refractivity (Wildman–Crippen MR) is 77.7 cm³/mol. The fourth-order valence-corrected chi connectivity index (χ4v) is 3.07. The summed E-state index contributed by atoms with van der Waals surface area (Å²) in [6.07, 6.45) is 0.712. The van der Waals surface area contributed by atoms with Crippen molar-refractivity contribution in [2.75, 3.05) is 25.1 Å². The Bertz CT molecular complexity index is 553. The zero-order valence-electron chi connectivity index (χ0n) is 11.6. The number of rotatable bonds is 2. The fraction of sp³-hybridized carbons (Fsp3) is 0.467. The number of nitriles is 1. The molecule has 20 heavy (non-hydrogen) atoms. The average molecular weight is 293 g/mol. The van der Waals surface area contributed by atoms with Gasteiger partial charge in [-0.05, 0) is 24.5 Å². The van der Waals surface area contributed by atoms with E-state index in [-0.39, 0.29) is 17.8 Å². The zero-order valence-corrected chi connectivity index (χ0v) is 12.4. The number of ether oxygens (including phenoxy) is 1. The third kappa shape index (κ3) is 2.73. The van der Waals surface area contributed by atoms with E-state index in [0.29, 0.717) is 30.1 Å². The van der Waals surface area contributed by atoms with Crippen molar-refractivity contribution in [3.8, 4) is 6.07 Å². The van der Waals surface area contributed by atoms with Crippen LogP contribution in [0, 0.1) is 23.2 Å². The number of anilines is 1. The van der Waals surface area contributed by atoms with E-state index < -0.39 is 0 Å². The maximum Gasteiger partial charge on any atom is 0.309 e. The lowest BCUT2D eigenvalue weighted by Crippen LogP contribution is -2.42. The van der Waals surface area contributed by atoms with Crippen molar-refractivity contribution in [3.05, 3.63) is 28.8 Å². The van der Waals surface area contributed by atoms with Crippen LogP contribution in [0.3, 0.4) is 0 Å². The molecule has 0 aliphatic carbocycles. The van der Waals surface area contributed by atoms with Gasteiger partial charge in [0.05, 0.1) is 29.3 Å². The van der Waals surface area contributed by atoms with Gasteiger partial charge < -0.3 is 9.64 Å². The second-order valence-electron chi connectivity index (χ2n) is 5.09. The Hall–Kier alpha value is -1.73. The summed E-state index contributed by atoms with van der Waals surface area (Å²) in [5.41, 5.74) is 1.34. The Morgan fingerprint density at radius 1 is 1.55 bits per heavy atom. The van der Waals surface area contributed by atoms with E-state index in [2.05, 4.69) is 11.0 Å². The molecule has 0 saturated carbocycles. The monoisotopic (exact) mass is 292 g/mol. The van der Waals surface area contributed by atoms with Crippen molar-refractivity contribution in [1.29, 1.82) is 5.26 Å². The van der Waals surface area contributed by atoms with Gasteiger partial charge >= 0.3 is 5.97 Å². The molecule has 0 N–H and O–H groups in total. The molecule has 0 spiro atoms. The van der Waals surface area contributed by atoms with Gasteiger partial charge in [0.1, 0.15) is 6.07 Å². The van der Waals surface area contributed by atoms with E-state index in [9.17, 15) is 10.1 Å². The van der Waals surface area contributed by atoms with Crippen molar-refractivity contribution in [3.63, 3.8) is 0 Å². The fourth-order valence-electron chi connectivity index (χ4n) is 2.78. The number of piperidine rings is 1. The normalized spacial score (nSPS) is 22.2. The highest BCUT2D eigenvalue weighted by Gasteiger charge is 2.33. The third-order valence-corrected chi connectivity index (χ3v) is 4.14. The van der Waals surface area contributed by atoms with Gasteiger partial charge in [-0.1, -0.05) is 24.6 Å². The highest BCUT2D eigenvalue weighted by molar-refractivity contribution is 6.33. The molecule has 1 fully saturated rings. The summed E-state index contributed by atoms with van der Waals surface area (Å²) in [6, 6.07) is 7.50. The molecule has 0 radical (unpaired) electrons. The lowest BCUT2D eigenvalue weighted by Gasteiger charge is -2.37. The first-order valence-corrected chi connectivity index (χ1v) is 6.97. The number of carbonyl (C=O) groups is 1. The van der Waals surface area contributed by atoms with Crippen molar-refractivity contribution < 1.29 is 9.53 Å². The van der Waals surface area contributed by atoms with Gasteiger partial charge in [0.2, 0.25) is 0 Å². The molecule has 2 rings (SSSR count). The number of methoxy groups -OCH3 is 1. The van der Waals surface area contributed by atoms with Crippen molar-refractivity contribution in [2.45, 2.75) is 13.3 Å². The standard InChI is InChI=1S/C15H17ClN2O2/c1-10-9-18(7-6-12(10)15(19)20-2)14-11(8-17)4-3-5-13(14)16/h3-5,10,12H,6-7,9H2,1-2H3/t10-,12-/m1/s1. The summed E-state index contributed by atoms with van der Waals surface area (Å²) in [5, 5.41) is 9.78. The number of carbonyl (C=O) groups excluding carboxylic acids is 1. The van der Waals surface area contributed by atoms with Gasteiger partial charge in [-0.2, -0.15) is 5.26 Å². The molecule has 0 unspecified atom stereocenters. The largest absolute Gasteiger partial charge is 0.469 e. The number of nitrogens with zero attached hydrogens (tertiary/aromatic N) is 2. The van der Waals surface area contributed by atoms with Crippen molar-refractivity contribution in [2.24, 2.45) is 11.8 Å². The minimum Gasteiger partial charge on any atom is -0.469 e. The second kappa shape index (κ2) is 6.15. The summed E-state index contributed by atoms with van der Waals surface area (Å²) in [7, 11) is 1.42. The quantitative estimate of drug-likeness (QED) is 0.787. The number of esters is 1. The van der Waals surface area contributed by atoms with Crippen LogP contribution in [0.2, 0.25) is 5.02 Å². The molecular formula is C15H17ClN2O2. The molecule has 1 aromatic rings. The SMILES string of the molecule is COC(=O)[C@@H]1CCN(c2c(Cl)cccc2C#N)C[C@H]1C. The Labute approximate surface area is 123 Å². The summed E-state index contributed by atoms with van der Waals surface area (Å²) in [5.74, 6) is -0.0693. The number of halogens is 1. The van der Waals surface area contributed by atoms with E-state index in [4.69, 9.17) is 16.3 Å². The Morgan fingerprint density at radius 3 is 2.90 bits per heavy atom. The van der Waals surface area contributed by atoms with Gasteiger partial charge in [0, 0.05) is 13.1 Å². The van der Waals surface area contributed by atoms with Gasteiger partial charge in [-0.15, -0.1) is 0 Å². The molecular weight excluding hydrogens is 276 g/mol. The molecule has 4 nitrogen and oxygen atoms in total. The van der Waals surface area contributed by atoms with Gasteiger partial charge in [-0.25, -0.2) is 0 Å². The van der Waals surface area contributed by atoms with Gasteiger partial charge in [0.15, 0.2) is 0 Å². The van der Waals surface area contributed by atoms with Crippen LogP contribution in [0.25, 0.3) is 0 Å². The Balaban J connectivity index is 2.22. The van der Waals surface area contributed by atoms with Crippen LogP contribution in [-0.2, 0) is 9.53 Å². The van der Waals surface area contributed by atoms with Crippen LogP contribution < -0.4 is 4.90 Å². The molecule has 1 aliphatic rings. The average Bonchev–Trinajstić information content (AvgIpc) is 2.46. The second-order valence-corrected chi connectivity index (χ2v) is 5.50.